The van der Waals surface area contributed by atoms with Gasteiger partial charge in [0.05, 0.1) is 11.9 Å². The number of aryl methyl sites for hydroxylation is 2. The molecule has 1 aromatic carbocycles. The topological polar surface area (TPSA) is 75.4 Å². The molecule has 5 heteroatoms. The molecule has 5 nitrogen and oxygen atoms in total. The van der Waals surface area contributed by atoms with Gasteiger partial charge < -0.3 is 14.9 Å². The van der Waals surface area contributed by atoms with Crippen LogP contribution >= 0.6 is 0 Å². The number of rotatable bonds is 2. The van der Waals surface area contributed by atoms with Gasteiger partial charge in [0.25, 0.3) is 5.91 Å². The zero-order chi connectivity index (χ0) is 12.4. The number of benzene rings is 1. The van der Waals surface area contributed by atoms with E-state index in [0.717, 1.165) is 5.56 Å². The molecule has 0 atom stereocenters. The van der Waals surface area contributed by atoms with E-state index in [1.165, 1.54) is 6.20 Å². The van der Waals surface area contributed by atoms with Crippen molar-refractivity contribution in [3.8, 4) is 5.75 Å². The smallest absolute Gasteiger partial charge is 0.294 e. The van der Waals surface area contributed by atoms with Crippen LogP contribution in [0.1, 0.15) is 21.7 Å². The van der Waals surface area contributed by atoms with Crippen LogP contribution in [-0.2, 0) is 0 Å². The molecular weight excluding hydrogens is 220 g/mol. The second kappa shape index (κ2) is 4.29. The van der Waals surface area contributed by atoms with E-state index in [4.69, 9.17) is 4.52 Å². The third-order valence-corrected chi connectivity index (χ3v) is 2.36. The lowest BCUT2D eigenvalue weighted by Gasteiger charge is -2.06. The van der Waals surface area contributed by atoms with Crippen molar-refractivity contribution in [2.45, 2.75) is 13.8 Å². The number of phenols is 1. The number of phenolic OH excluding ortho intramolecular Hbond substituents is 1. The number of aromatic nitrogens is 1. The zero-order valence-electron chi connectivity index (χ0n) is 9.52. The average Bonchev–Trinajstić information content (AvgIpc) is 2.68. The summed E-state index contributed by atoms with van der Waals surface area (Å²) in [5.41, 5.74) is 1.90. The zero-order valence-corrected chi connectivity index (χ0v) is 9.52. The van der Waals surface area contributed by atoms with Crippen molar-refractivity contribution in [3.05, 3.63) is 41.3 Å². The molecule has 0 aliphatic heterocycles. The van der Waals surface area contributed by atoms with Crippen LogP contribution in [0.3, 0.4) is 0 Å². The minimum atomic E-state index is -0.431. The first-order chi connectivity index (χ1) is 8.08. The summed E-state index contributed by atoms with van der Waals surface area (Å²) < 4.78 is 4.82. The second-order valence-electron chi connectivity index (χ2n) is 3.81. The largest absolute Gasteiger partial charge is 0.506 e. The number of carbonyl (C=O) groups is 1. The standard InChI is InChI=1S/C12H12N2O3/c1-7-3-4-9(10(15)5-7)14-12(16)11-8(2)6-13-17-11/h3-6,15H,1-2H3,(H,14,16). The van der Waals surface area contributed by atoms with E-state index < -0.39 is 5.91 Å². The van der Waals surface area contributed by atoms with Crippen molar-refractivity contribution in [2.75, 3.05) is 5.32 Å². The normalized spacial score (nSPS) is 10.2. The molecule has 17 heavy (non-hydrogen) atoms. The monoisotopic (exact) mass is 232 g/mol. The number of nitrogens with zero attached hydrogens (tertiary/aromatic N) is 1. The van der Waals surface area contributed by atoms with Crippen molar-refractivity contribution < 1.29 is 14.4 Å². The van der Waals surface area contributed by atoms with Gasteiger partial charge in [0, 0.05) is 5.56 Å². The number of carbonyl (C=O) groups excluding carboxylic acids is 1. The van der Waals surface area contributed by atoms with Gasteiger partial charge in [-0.05, 0) is 31.5 Å². The highest BCUT2D eigenvalue weighted by Gasteiger charge is 2.15. The summed E-state index contributed by atoms with van der Waals surface area (Å²) >= 11 is 0. The molecule has 0 aliphatic rings. The quantitative estimate of drug-likeness (QED) is 0.778. The molecule has 1 heterocycles. The summed E-state index contributed by atoms with van der Waals surface area (Å²) in [5, 5.41) is 15.7. The maximum absolute atomic E-state index is 11.8. The van der Waals surface area contributed by atoms with E-state index in [0.29, 0.717) is 11.3 Å². The molecule has 0 saturated carbocycles. The van der Waals surface area contributed by atoms with E-state index in [9.17, 15) is 9.90 Å². The van der Waals surface area contributed by atoms with Gasteiger partial charge in [-0.3, -0.25) is 4.79 Å². The van der Waals surface area contributed by atoms with E-state index in [1.807, 2.05) is 6.92 Å². The molecule has 0 fully saturated rings. The van der Waals surface area contributed by atoms with E-state index >= 15 is 0 Å². The minimum Gasteiger partial charge on any atom is -0.506 e. The van der Waals surface area contributed by atoms with Crippen molar-refractivity contribution in [2.24, 2.45) is 0 Å². The third-order valence-electron chi connectivity index (χ3n) is 2.36. The van der Waals surface area contributed by atoms with Crippen molar-refractivity contribution in [3.63, 3.8) is 0 Å². The fourth-order valence-electron chi connectivity index (χ4n) is 1.44. The summed E-state index contributed by atoms with van der Waals surface area (Å²) in [6, 6.07) is 5.00. The van der Waals surface area contributed by atoms with Crippen LogP contribution in [0.4, 0.5) is 5.69 Å². The van der Waals surface area contributed by atoms with Crippen LogP contribution in [0.5, 0.6) is 5.75 Å². The highest BCUT2D eigenvalue weighted by molar-refractivity contribution is 6.03. The lowest BCUT2D eigenvalue weighted by atomic mass is 10.2. The Bertz CT molecular complexity index is 561. The first-order valence-corrected chi connectivity index (χ1v) is 5.10. The maximum Gasteiger partial charge on any atom is 0.294 e. The Hall–Kier alpha value is -2.30. The van der Waals surface area contributed by atoms with E-state index in [-0.39, 0.29) is 11.5 Å². The van der Waals surface area contributed by atoms with E-state index in [2.05, 4.69) is 10.5 Å². The Morgan fingerprint density at radius 2 is 2.18 bits per heavy atom. The van der Waals surface area contributed by atoms with Gasteiger partial charge in [0.1, 0.15) is 5.75 Å². The predicted octanol–water partition coefficient (Wildman–Crippen LogP) is 2.25. The molecule has 0 spiro atoms. The molecule has 0 saturated heterocycles. The molecule has 0 radical (unpaired) electrons. The Morgan fingerprint density at radius 1 is 1.41 bits per heavy atom. The fraction of sp³-hybridized carbons (Fsp3) is 0.167. The molecule has 2 aromatic rings. The average molecular weight is 232 g/mol. The number of anilines is 1. The molecule has 0 aliphatic carbocycles. The Balaban J connectivity index is 2.22. The Kier molecular flexibility index (Phi) is 2.82. The third kappa shape index (κ3) is 2.28. The molecule has 2 N–H and O–H groups in total. The molecule has 1 aromatic heterocycles. The number of aromatic hydroxyl groups is 1. The Morgan fingerprint density at radius 3 is 2.76 bits per heavy atom. The number of amides is 1. The SMILES string of the molecule is Cc1ccc(NC(=O)c2oncc2C)c(O)c1. The first-order valence-electron chi connectivity index (χ1n) is 5.10. The fourth-order valence-corrected chi connectivity index (χ4v) is 1.44. The maximum atomic E-state index is 11.8. The van der Waals surface area contributed by atoms with Crippen LogP contribution in [0.2, 0.25) is 0 Å². The van der Waals surface area contributed by atoms with Crippen LogP contribution in [-0.4, -0.2) is 16.2 Å². The van der Waals surface area contributed by atoms with Gasteiger partial charge in [0.2, 0.25) is 5.76 Å². The molecule has 1 amide bonds. The summed E-state index contributed by atoms with van der Waals surface area (Å²) in [6.07, 6.45) is 1.46. The molecule has 0 unspecified atom stereocenters. The van der Waals surface area contributed by atoms with Crippen LogP contribution in [0.15, 0.2) is 28.9 Å². The predicted molar refractivity (Wildman–Crippen MR) is 62.0 cm³/mol. The summed E-state index contributed by atoms with van der Waals surface area (Å²) in [4.78, 5) is 11.8. The molecule has 88 valence electrons. The summed E-state index contributed by atoms with van der Waals surface area (Å²) in [6.45, 7) is 3.58. The number of nitrogens with one attached hydrogen (secondary N) is 1. The van der Waals surface area contributed by atoms with Crippen molar-refractivity contribution >= 4 is 11.6 Å². The van der Waals surface area contributed by atoms with Crippen LogP contribution < -0.4 is 5.32 Å². The van der Waals surface area contributed by atoms with Gasteiger partial charge in [-0.2, -0.15) is 0 Å². The Labute approximate surface area is 98.1 Å². The highest BCUT2D eigenvalue weighted by atomic mass is 16.5. The summed E-state index contributed by atoms with van der Waals surface area (Å²) in [7, 11) is 0. The molecular formula is C12H12N2O3. The number of hydrogen-bond donors (Lipinski definition) is 2. The van der Waals surface area contributed by atoms with Crippen molar-refractivity contribution in [1.29, 1.82) is 0 Å². The van der Waals surface area contributed by atoms with E-state index in [1.54, 1.807) is 25.1 Å². The van der Waals surface area contributed by atoms with Gasteiger partial charge >= 0.3 is 0 Å². The molecule has 2 rings (SSSR count). The second-order valence-corrected chi connectivity index (χ2v) is 3.81. The van der Waals surface area contributed by atoms with Crippen LogP contribution in [0, 0.1) is 13.8 Å². The van der Waals surface area contributed by atoms with Gasteiger partial charge in [-0.15, -0.1) is 0 Å². The molecule has 0 bridgehead atoms. The van der Waals surface area contributed by atoms with Gasteiger partial charge in [0.15, 0.2) is 0 Å². The number of hydrogen-bond acceptors (Lipinski definition) is 4. The highest BCUT2D eigenvalue weighted by Crippen LogP contribution is 2.24. The lowest BCUT2D eigenvalue weighted by molar-refractivity contribution is 0.0986. The lowest BCUT2D eigenvalue weighted by Crippen LogP contribution is -2.12. The minimum absolute atomic E-state index is 0.0236. The van der Waals surface area contributed by atoms with Gasteiger partial charge in [-0.1, -0.05) is 11.2 Å². The van der Waals surface area contributed by atoms with Gasteiger partial charge in [-0.25, -0.2) is 0 Å². The van der Waals surface area contributed by atoms with Crippen molar-refractivity contribution in [1.82, 2.24) is 5.16 Å². The first kappa shape index (κ1) is 11.2. The van der Waals surface area contributed by atoms with Crippen LogP contribution in [0.25, 0.3) is 0 Å². The summed E-state index contributed by atoms with van der Waals surface area (Å²) in [5.74, 6) is -0.264.